The van der Waals surface area contributed by atoms with Crippen molar-refractivity contribution >= 4 is 16.9 Å². The van der Waals surface area contributed by atoms with Crippen molar-refractivity contribution in [2.45, 2.75) is 32.1 Å². The number of nitrogens with zero attached hydrogens (tertiary/aromatic N) is 1. The maximum atomic E-state index is 13.4. The fourth-order valence-corrected chi connectivity index (χ4v) is 2.85. The van der Waals surface area contributed by atoms with Crippen molar-refractivity contribution in [3.8, 4) is 0 Å². The van der Waals surface area contributed by atoms with Gasteiger partial charge in [-0.3, -0.25) is 9.78 Å². The fraction of sp³-hybridized carbons (Fsp3) is 0.333. The third kappa shape index (κ3) is 2.18. The Balaban J connectivity index is 2.19. The topological polar surface area (TPSA) is 50.2 Å². The second-order valence-corrected chi connectivity index (χ2v) is 4.92. The summed E-state index contributed by atoms with van der Waals surface area (Å²) in [5, 5.41) is 9.63. The van der Waals surface area contributed by atoms with E-state index in [4.69, 9.17) is 5.11 Å². The van der Waals surface area contributed by atoms with Crippen molar-refractivity contribution in [1.29, 1.82) is 0 Å². The van der Waals surface area contributed by atoms with Crippen LogP contribution in [0.5, 0.6) is 0 Å². The van der Waals surface area contributed by atoms with Crippen LogP contribution >= 0.6 is 0 Å². The second-order valence-electron chi connectivity index (χ2n) is 4.92. The summed E-state index contributed by atoms with van der Waals surface area (Å²) in [5.74, 6) is -1.13. The van der Waals surface area contributed by atoms with Gasteiger partial charge in [0.25, 0.3) is 0 Å². The SMILES string of the molecule is O=C(O)CCc1c2c(nc3ccc(F)cc13)CCC2. The van der Waals surface area contributed by atoms with Gasteiger partial charge in [-0.25, -0.2) is 4.39 Å². The van der Waals surface area contributed by atoms with E-state index in [1.54, 1.807) is 6.07 Å². The van der Waals surface area contributed by atoms with Gasteiger partial charge in [-0.05, 0) is 55.0 Å². The van der Waals surface area contributed by atoms with E-state index in [-0.39, 0.29) is 12.2 Å². The maximum Gasteiger partial charge on any atom is 0.303 e. The number of aliphatic carboxylic acids is 1. The first kappa shape index (κ1) is 12.1. The summed E-state index contributed by atoms with van der Waals surface area (Å²) >= 11 is 0. The zero-order valence-corrected chi connectivity index (χ0v) is 10.4. The van der Waals surface area contributed by atoms with E-state index >= 15 is 0 Å². The highest BCUT2D eigenvalue weighted by Gasteiger charge is 2.20. The lowest BCUT2D eigenvalue weighted by Crippen LogP contribution is -2.03. The van der Waals surface area contributed by atoms with E-state index in [0.29, 0.717) is 6.42 Å². The van der Waals surface area contributed by atoms with Crippen LogP contribution in [0.25, 0.3) is 10.9 Å². The molecule has 98 valence electrons. The molecule has 1 heterocycles. The number of hydrogen-bond donors (Lipinski definition) is 1. The molecule has 0 saturated heterocycles. The molecule has 0 fully saturated rings. The second kappa shape index (κ2) is 4.61. The summed E-state index contributed by atoms with van der Waals surface area (Å²) in [5.41, 5.74) is 3.93. The molecule has 1 aliphatic carbocycles. The number of carbonyl (C=O) groups is 1. The number of carboxylic acid groups (broad SMARTS) is 1. The highest BCUT2D eigenvalue weighted by molar-refractivity contribution is 5.84. The lowest BCUT2D eigenvalue weighted by molar-refractivity contribution is -0.136. The summed E-state index contributed by atoms with van der Waals surface area (Å²) in [6.07, 6.45) is 3.41. The monoisotopic (exact) mass is 259 g/mol. The van der Waals surface area contributed by atoms with E-state index in [1.807, 2.05) is 0 Å². The summed E-state index contributed by atoms with van der Waals surface area (Å²) in [6, 6.07) is 4.54. The van der Waals surface area contributed by atoms with Crippen molar-refractivity contribution in [1.82, 2.24) is 4.98 Å². The normalized spacial score (nSPS) is 13.7. The lowest BCUT2D eigenvalue weighted by atomic mass is 9.97. The van der Waals surface area contributed by atoms with E-state index in [1.165, 1.54) is 12.1 Å². The first-order chi connectivity index (χ1) is 9.15. The predicted octanol–water partition coefficient (Wildman–Crippen LogP) is 2.88. The van der Waals surface area contributed by atoms with E-state index in [2.05, 4.69) is 4.98 Å². The lowest BCUT2D eigenvalue weighted by Gasteiger charge is -2.11. The Kier molecular flexibility index (Phi) is 2.93. The Hall–Kier alpha value is -1.97. The molecule has 0 amide bonds. The van der Waals surface area contributed by atoms with Crippen LogP contribution in [-0.4, -0.2) is 16.1 Å². The van der Waals surface area contributed by atoms with E-state index in [0.717, 1.165) is 47.0 Å². The Labute approximate surface area is 110 Å². The van der Waals surface area contributed by atoms with Gasteiger partial charge in [0, 0.05) is 17.5 Å². The number of carboxylic acids is 1. The van der Waals surface area contributed by atoms with Crippen molar-refractivity contribution < 1.29 is 14.3 Å². The molecule has 1 aromatic heterocycles. The van der Waals surface area contributed by atoms with Crippen LogP contribution in [0.3, 0.4) is 0 Å². The van der Waals surface area contributed by atoms with Gasteiger partial charge < -0.3 is 5.11 Å². The first-order valence-electron chi connectivity index (χ1n) is 6.47. The summed E-state index contributed by atoms with van der Waals surface area (Å²) in [4.78, 5) is 15.4. The molecule has 0 radical (unpaired) electrons. The minimum atomic E-state index is -0.826. The molecule has 2 aromatic rings. The predicted molar refractivity (Wildman–Crippen MR) is 69.7 cm³/mol. The highest BCUT2D eigenvalue weighted by atomic mass is 19.1. The van der Waals surface area contributed by atoms with Crippen molar-refractivity contribution in [3.63, 3.8) is 0 Å². The number of aryl methyl sites for hydroxylation is 2. The number of hydrogen-bond acceptors (Lipinski definition) is 2. The molecule has 1 aliphatic rings. The first-order valence-corrected chi connectivity index (χ1v) is 6.47. The Morgan fingerprint density at radius 3 is 3.00 bits per heavy atom. The van der Waals surface area contributed by atoms with Crippen LogP contribution in [0.2, 0.25) is 0 Å². The molecular formula is C15H14FNO2. The Morgan fingerprint density at radius 2 is 2.21 bits per heavy atom. The van der Waals surface area contributed by atoms with Crippen molar-refractivity contribution in [3.05, 3.63) is 40.8 Å². The summed E-state index contributed by atoms with van der Waals surface area (Å²) in [6.45, 7) is 0. The molecule has 19 heavy (non-hydrogen) atoms. The van der Waals surface area contributed by atoms with Crippen LogP contribution < -0.4 is 0 Å². The average Bonchev–Trinajstić information content (AvgIpc) is 2.82. The van der Waals surface area contributed by atoms with Gasteiger partial charge in [-0.2, -0.15) is 0 Å². The minimum Gasteiger partial charge on any atom is -0.481 e. The highest BCUT2D eigenvalue weighted by Crippen LogP contribution is 2.31. The van der Waals surface area contributed by atoms with Crippen molar-refractivity contribution in [2.24, 2.45) is 0 Å². The molecule has 0 unspecified atom stereocenters. The van der Waals surface area contributed by atoms with Gasteiger partial charge in [0.2, 0.25) is 0 Å². The van der Waals surface area contributed by atoms with Gasteiger partial charge in [-0.15, -0.1) is 0 Å². The molecule has 1 aromatic carbocycles. The van der Waals surface area contributed by atoms with Gasteiger partial charge in [0.05, 0.1) is 5.52 Å². The number of rotatable bonds is 3. The average molecular weight is 259 g/mol. The largest absolute Gasteiger partial charge is 0.481 e. The van der Waals surface area contributed by atoms with Gasteiger partial charge in [0.1, 0.15) is 5.82 Å². The summed E-state index contributed by atoms with van der Waals surface area (Å²) in [7, 11) is 0. The number of halogens is 1. The third-order valence-electron chi connectivity index (χ3n) is 3.68. The van der Waals surface area contributed by atoms with Crippen LogP contribution in [0.15, 0.2) is 18.2 Å². The molecule has 0 atom stereocenters. The smallest absolute Gasteiger partial charge is 0.303 e. The number of pyridine rings is 1. The molecule has 0 aliphatic heterocycles. The van der Waals surface area contributed by atoms with Crippen LogP contribution in [0, 0.1) is 5.82 Å². The van der Waals surface area contributed by atoms with Crippen molar-refractivity contribution in [2.75, 3.05) is 0 Å². The molecule has 1 N–H and O–H groups in total. The molecular weight excluding hydrogens is 245 g/mol. The number of benzene rings is 1. The molecule has 3 rings (SSSR count). The van der Waals surface area contributed by atoms with Gasteiger partial charge >= 0.3 is 5.97 Å². The molecule has 3 nitrogen and oxygen atoms in total. The quantitative estimate of drug-likeness (QED) is 0.922. The number of aromatic nitrogens is 1. The summed E-state index contributed by atoms with van der Waals surface area (Å²) < 4.78 is 13.4. The number of fused-ring (bicyclic) bond motifs is 2. The molecule has 0 bridgehead atoms. The minimum absolute atomic E-state index is 0.0715. The van der Waals surface area contributed by atoms with Crippen LogP contribution in [0.4, 0.5) is 4.39 Å². The van der Waals surface area contributed by atoms with Gasteiger partial charge in [0.15, 0.2) is 0 Å². The zero-order valence-electron chi connectivity index (χ0n) is 10.4. The molecule has 4 heteroatoms. The fourth-order valence-electron chi connectivity index (χ4n) is 2.85. The standard InChI is InChI=1S/C15H14FNO2/c16-9-4-6-14-12(8-9)10(5-7-15(18)19)11-2-1-3-13(11)17-14/h4,6,8H,1-3,5,7H2,(H,18,19). The van der Waals surface area contributed by atoms with E-state index < -0.39 is 5.97 Å². The van der Waals surface area contributed by atoms with E-state index in [9.17, 15) is 9.18 Å². The molecule has 0 saturated carbocycles. The Bertz CT molecular complexity index is 667. The Morgan fingerprint density at radius 1 is 1.37 bits per heavy atom. The van der Waals surface area contributed by atoms with Gasteiger partial charge in [-0.1, -0.05) is 0 Å². The molecule has 0 spiro atoms. The van der Waals surface area contributed by atoms with Crippen LogP contribution in [0.1, 0.15) is 29.7 Å². The maximum absolute atomic E-state index is 13.4. The van der Waals surface area contributed by atoms with Crippen LogP contribution in [-0.2, 0) is 24.1 Å². The third-order valence-corrected chi connectivity index (χ3v) is 3.68. The zero-order chi connectivity index (χ0) is 13.4.